The summed E-state index contributed by atoms with van der Waals surface area (Å²) in [6.07, 6.45) is 4.38. The lowest BCUT2D eigenvalue weighted by atomic mass is 10.1. The van der Waals surface area contributed by atoms with Crippen molar-refractivity contribution in [1.82, 2.24) is 0 Å². The first-order chi connectivity index (χ1) is 16.8. The van der Waals surface area contributed by atoms with Crippen molar-refractivity contribution >= 4 is 40.6 Å². The summed E-state index contributed by atoms with van der Waals surface area (Å²) in [5.41, 5.74) is 3.70. The van der Waals surface area contributed by atoms with Crippen LogP contribution in [0.25, 0.3) is 12.2 Å². The number of benzene rings is 5. The van der Waals surface area contributed by atoms with Crippen LogP contribution in [0.2, 0.25) is 0 Å². The summed E-state index contributed by atoms with van der Waals surface area (Å²) in [7, 11) is -2.03. The standard InChI is InChI=1S/C33H28P/c1-27-17-19-28(20-18-27)21-22-29-23-25-33(26-24-29)34(30-11-5-2-6-12-30,31-13-7-3-8-14-31)32-15-9-4-10-16-32/h2-26H,1H3/q+1/b22-21+. The van der Waals surface area contributed by atoms with Crippen LogP contribution in [-0.4, -0.2) is 0 Å². The zero-order valence-electron chi connectivity index (χ0n) is 19.4. The van der Waals surface area contributed by atoms with Crippen LogP contribution in [0.3, 0.4) is 0 Å². The Morgan fingerprint density at radius 2 is 0.706 bits per heavy atom. The van der Waals surface area contributed by atoms with E-state index >= 15 is 0 Å². The topological polar surface area (TPSA) is 0 Å². The van der Waals surface area contributed by atoms with E-state index in [2.05, 4.69) is 159 Å². The molecule has 0 nitrogen and oxygen atoms in total. The molecule has 0 bridgehead atoms. The molecule has 0 aromatic heterocycles. The van der Waals surface area contributed by atoms with Crippen LogP contribution in [0.1, 0.15) is 16.7 Å². The average molecular weight is 456 g/mol. The second kappa shape index (κ2) is 10.0. The van der Waals surface area contributed by atoms with Gasteiger partial charge in [0.05, 0.1) is 0 Å². The van der Waals surface area contributed by atoms with Crippen LogP contribution in [0.4, 0.5) is 0 Å². The van der Waals surface area contributed by atoms with E-state index in [4.69, 9.17) is 0 Å². The minimum absolute atomic E-state index is 1.21. The van der Waals surface area contributed by atoms with Gasteiger partial charge < -0.3 is 0 Å². The molecule has 0 unspecified atom stereocenters. The van der Waals surface area contributed by atoms with Crippen molar-refractivity contribution in [2.75, 3.05) is 0 Å². The first-order valence-electron chi connectivity index (χ1n) is 11.7. The fourth-order valence-corrected chi connectivity index (χ4v) is 8.77. The molecule has 0 amide bonds. The maximum atomic E-state index is 2.33. The van der Waals surface area contributed by atoms with Gasteiger partial charge in [0.15, 0.2) is 0 Å². The van der Waals surface area contributed by atoms with Crippen LogP contribution < -0.4 is 21.2 Å². The van der Waals surface area contributed by atoms with Gasteiger partial charge >= 0.3 is 0 Å². The number of aryl methyl sites for hydroxylation is 1. The monoisotopic (exact) mass is 455 g/mol. The Hall–Kier alpha value is -3.73. The van der Waals surface area contributed by atoms with Crippen molar-refractivity contribution in [2.24, 2.45) is 0 Å². The molecule has 0 spiro atoms. The van der Waals surface area contributed by atoms with Gasteiger partial charge in [-0.3, -0.25) is 0 Å². The number of rotatable bonds is 6. The first-order valence-corrected chi connectivity index (χ1v) is 13.5. The highest BCUT2D eigenvalue weighted by molar-refractivity contribution is 8.01. The zero-order chi connectivity index (χ0) is 23.2. The number of hydrogen-bond donors (Lipinski definition) is 0. The van der Waals surface area contributed by atoms with E-state index in [9.17, 15) is 0 Å². The fraction of sp³-hybridized carbons (Fsp3) is 0.0303. The summed E-state index contributed by atoms with van der Waals surface area (Å²) >= 11 is 0. The van der Waals surface area contributed by atoms with Gasteiger partial charge in [0.2, 0.25) is 0 Å². The Balaban J connectivity index is 1.64. The molecule has 0 radical (unpaired) electrons. The van der Waals surface area contributed by atoms with Crippen LogP contribution in [-0.2, 0) is 0 Å². The smallest absolute Gasteiger partial charge is 0.0620 e. The molecular formula is C33H28P+. The Morgan fingerprint density at radius 1 is 0.382 bits per heavy atom. The van der Waals surface area contributed by atoms with Crippen molar-refractivity contribution in [1.29, 1.82) is 0 Å². The van der Waals surface area contributed by atoms with E-state index in [1.54, 1.807) is 0 Å². The molecule has 0 fully saturated rings. The van der Waals surface area contributed by atoms with Gasteiger partial charge in [-0.2, -0.15) is 0 Å². The molecule has 0 aliphatic heterocycles. The third-order valence-electron chi connectivity index (χ3n) is 6.26. The molecule has 0 saturated carbocycles. The van der Waals surface area contributed by atoms with Gasteiger partial charge in [0, 0.05) is 0 Å². The zero-order valence-corrected chi connectivity index (χ0v) is 20.3. The molecule has 5 rings (SSSR count). The summed E-state index contributed by atoms with van der Waals surface area (Å²) in [5, 5.41) is 5.48. The normalized spacial score (nSPS) is 11.6. The molecule has 0 aliphatic carbocycles. The molecule has 5 aromatic rings. The van der Waals surface area contributed by atoms with Crippen molar-refractivity contribution in [2.45, 2.75) is 6.92 Å². The third-order valence-corrected chi connectivity index (χ3v) is 10.5. The van der Waals surface area contributed by atoms with Crippen molar-refractivity contribution in [3.05, 3.63) is 156 Å². The van der Waals surface area contributed by atoms with Gasteiger partial charge in [-0.15, -0.1) is 0 Å². The van der Waals surface area contributed by atoms with Crippen molar-refractivity contribution in [3.8, 4) is 0 Å². The van der Waals surface area contributed by atoms with Crippen LogP contribution in [0.5, 0.6) is 0 Å². The quantitative estimate of drug-likeness (QED) is 0.195. The highest BCUT2D eigenvalue weighted by atomic mass is 31.2. The fourth-order valence-electron chi connectivity index (χ4n) is 4.53. The third kappa shape index (κ3) is 4.38. The van der Waals surface area contributed by atoms with E-state index in [1.807, 2.05) is 0 Å². The van der Waals surface area contributed by atoms with Gasteiger partial charge in [-0.1, -0.05) is 109 Å². The van der Waals surface area contributed by atoms with E-state index < -0.39 is 7.26 Å². The predicted molar refractivity (Wildman–Crippen MR) is 151 cm³/mol. The lowest BCUT2D eigenvalue weighted by molar-refractivity contribution is 1.46. The maximum absolute atomic E-state index is 2.33. The van der Waals surface area contributed by atoms with E-state index in [0.717, 1.165) is 0 Å². The molecule has 0 heterocycles. The molecule has 164 valence electrons. The molecule has 0 N–H and O–H groups in total. The average Bonchev–Trinajstić information content (AvgIpc) is 2.91. The van der Waals surface area contributed by atoms with Gasteiger partial charge in [-0.25, -0.2) is 0 Å². The molecule has 1 heteroatoms. The SMILES string of the molecule is Cc1ccc(/C=C/c2ccc([P+](c3ccccc3)(c3ccccc3)c3ccccc3)cc2)cc1. The molecule has 0 aliphatic rings. The van der Waals surface area contributed by atoms with Crippen LogP contribution in [0, 0.1) is 6.92 Å². The highest BCUT2D eigenvalue weighted by Crippen LogP contribution is 2.54. The Labute approximate surface area is 203 Å². The Morgan fingerprint density at radius 3 is 1.09 bits per heavy atom. The van der Waals surface area contributed by atoms with Crippen LogP contribution in [0.15, 0.2) is 140 Å². The second-order valence-corrected chi connectivity index (χ2v) is 11.9. The minimum atomic E-state index is -2.03. The summed E-state index contributed by atoms with van der Waals surface area (Å²) < 4.78 is 0. The van der Waals surface area contributed by atoms with Gasteiger partial charge in [-0.05, 0) is 66.6 Å². The van der Waals surface area contributed by atoms with Gasteiger partial charge in [0.25, 0.3) is 0 Å². The van der Waals surface area contributed by atoms with E-state index in [-0.39, 0.29) is 0 Å². The minimum Gasteiger partial charge on any atom is -0.0620 e. The predicted octanol–water partition coefficient (Wildman–Crippen LogP) is 6.78. The Bertz CT molecular complexity index is 1260. The second-order valence-electron chi connectivity index (χ2n) is 8.51. The molecule has 5 aromatic carbocycles. The molecule has 0 atom stereocenters. The molecule has 0 saturated heterocycles. The maximum Gasteiger partial charge on any atom is 0.144 e. The summed E-state index contributed by atoms with van der Waals surface area (Å²) in [6, 6.07) is 50.8. The largest absolute Gasteiger partial charge is 0.144 e. The molecular weight excluding hydrogens is 427 g/mol. The summed E-state index contributed by atoms with van der Waals surface area (Å²) in [4.78, 5) is 0. The molecule has 34 heavy (non-hydrogen) atoms. The summed E-state index contributed by atoms with van der Waals surface area (Å²) in [6.45, 7) is 2.12. The highest BCUT2D eigenvalue weighted by Gasteiger charge is 2.47. The lowest BCUT2D eigenvalue weighted by Crippen LogP contribution is -2.38. The van der Waals surface area contributed by atoms with E-state index in [1.165, 1.54) is 37.9 Å². The van der Waals surface area contributed by atoms with Crippen molar-refractivity contribution in [3.63, 3.8) is 0 Å². The van der Waals surface area contributed by atoms with Crippen molar-refractivity contribution < 1.29 is 0 Å². The Kier molecular flexibility index (Phi) is 6.52. The van der Waals surface area contributed by atoms with Crippen LogP contribution >= 0.6 is 7.26 Å². The van der Waals surface area contributed by atoms with Gasteiger partial charge in [0.1, 0.15) is 28.5 Å². The summed E-state index contributed by atoms with van der Waals surface area (Å²) in [5.74, 6) is 0. The van der Waals surface area contributed by atoms with E-state index in [0.29, 0.717) is 0 Å². The lowest BCUT2D eigenvalue weighted by Gasteiger charge is -2.27. The first kappa shape index (κ1) is 22.1. The number of hydrogen-bond acceptors (Lipinski definition) is 0.